The zero-order chi connectivity index (χ0) is 24.3. The van der Waals surface area contributed by atoms with E-state index in [1.54, 1.807) is 60.7 Å². The van der Waals surface area contributed by atoms with Crippen molar-refractivity contribution in [2.45, 2.75) is 18.4 Å². The van der Waals surface area contributed by atoms with Gasteiger partial charge in [0.1, 0.15) is 11.9 Å². The highest BCUT2D eigenvalue weighted by molar-refractivity contribution is 6.04. The molecule has 0 radical (unpaired) electrons. The number of nitrogens with one attached hydrogen (secondary N) is 1. The molecule has 1 fully saturated rings. The third-order valence-electron chi connectivity index (χ3n) is 5.43. The largest absolute Gasteiger partial charge is 0.416 e. The molecule has 0 aliphatic carbocycles. The van der Waals surface area contributed by atoms with Gasteiger partial charge in [-0.1, -0.05) is 54.6 Å². The van der Waals surface area contributed by atoms with E-state index in [-0.39, 0.29) is 18.7 Å². The van der Waals surface area contributed by atoms with E-state index in [1.807, 2.05) is 0 Å². The van der Waals surface area contributed by atoms with E-state index in [0.29, 0.717) is 17.2 Å². The lowest BCUT2D eigenvalue weighted by molar-refractivity contribution is -0.140. The quantitative estimate of drug-likeness (QED) is 0.521. The number of hydrogen-bond donors (Lipinski definition) is 1. The number of rotatable bonds is 5. The van der Waals surface area contributed by atoms with Crippen LogP contribution in [0.5, 0.6) is 0 Å². The van der Waals surface area contributed by atoms with Crippen molar-refractivity contribution in [3.05, 3.63) is 107 Å². The molecular formula is C25H20F4N2O3. The van der Waals surface area contributed by atoms with Crippen molar-refractivity contribution in [1.29, 1.82) is 0 Å². The average Bonchev–Trinajstić information content (AvgIpc) is 2.79. The maximum atomic E-state index is 13.7. The molecule has 0 saturated carbocycles. The number of carbonyl (C=O) groups excluding carboxylic acids is 2. The summed E-state index contributed by atoms with van der Waals surface area (Å²) in [6.07, 6.45) is -6.48. The minimum atomic E-state index is -4.78. The second-order valence-electron chi connectivity index (χ2n) is 7.81. The summed E-state index contributed by atoms with van der Waals surface area (Å²) in [6, 6.07) is 18.3. The molecule has 3 amide bonds. The van der Waals surface area contributed by atoms with Crippen molar-refractivity contribution in [1.82, 2.24) is 10.2 Å². The first kappa shape index (κ1) is 23.4. The molecule has 3 aromatic carbocycles. The molecule has 1 heterocycles. The zero-order valence-corrected chi connectivity index (χ0v) is 17.8. The van der Waals surface area contributed by atoms with Gasteiger partial charge in [-0.3, -0.25) is 10.1 Å². The van der Waals surface area contributed by atoms with Crippen LogP contribution in [0.4, 0.5) is 22.4 Å². The molecule has 0 spiro atoms. The molecule has 4 rings (SSSR count). The van der Waals surface area contributed by atoms with Gasteiger partial charge in [0.05, 0.1) is 24.8 Å². The number of alkyl halides is 3. The molecule has 0 aromatic heterocycles. The van der Waals surface area contributed by atoms with Crippen LogP contribution in [0.25, 0.3) is 0 Å². The predicted molar refractivity (Wildman–Crippen MR) is 115 cm³/mol. The molecule has 1 atom stereocenters. The van der Waals surface area contributed by atoms with Crippen LogP contribution in [0.3, 0.4) is 0 Å². The molecule has 9 heteroatoms. The van der Waals surface area contributed by atoms with Gasteiger partial charge >= 0.3 is 12.2 Å². The number of amides is 3. The summed E-state index contributed by atoms with van der Waals surface area (Å²) in [4.78, 5) is 25.8. The number of nitrogens with zero attached hydrogens (tertiary/aromatic N) is 1. The van der Waals surface area contributed by atoms with E-state index < -0.39 is 41.7 Å². The maximum absolute atomic E-state index is 13.7. The van der Waals surface area contributed by atoms with E-state index in [9.17, 15) is 27.2 Å². The van der Waals surface area contributed by atoms with Crippen LogP contribution < -0.4 is 5.32 Å². The van der Waals surface area contributed by atoms with Crippen LogP contribution in [-0.4, -0.2) is 36.0 Å². The number of carbonyl (C=O) groups is 2. The van der Waals surface area contributed by atoms with Crippen LogP contribution in [0.15, 0.2) is 78.9 Å². The van der Waals surface area contributed by atoms with E-state index in [4.69, 9.17) is 4.74 Å². The maximum Gasteiger partial charge on any atom is 0.416 e. The van der Waals surface area contributed by atoms with E-state index in [2.05, 4.69) is 5.32 Å². The lowest BCUT2D eigenvalue weighted by atomic mass is 9.95. The van der Waals surface area contributed by atoms with Crippen LogP contribution in [0.1, 0.15) is 33.2 Å². The SMILES string of the molecule is O=C(NC(=O)N1CC(OC(c2ccccc2)c2ccc(F)cc2C(F)(F)F)C1)c1ccccc1. The van der Waals surface area contributed by atoms with Crippen molar-refractivity contribution < 1.29 is 31.9 Å². The minimum absolute atomic E-state index is 0.0831. The van der Waals surface area contributed by atoms with Crippen molar-refractivity contribution in [2.24, 2.45) is 0 Å². The molecule has 1 aliphatic heterocycles. The fourth-order valence-electron chi connectivity index (χ4n) is 3.68. The fraction of sp³-hybridized carbons (Fsp3) is 0.200. The molecule has 34 heavy (non-hydrogen) atoms. The molecule has 3 aromatic rings. The van der Waals surface area contributed by atoms with Gasteiger partial charge in [0, 0.05) is 5.56 Å². The monoisotopic (exact) mass is 472 g/mol. The molecule has 1 aliphatic rings. The summed E-state index contributed by atoms with van der Waals surface area (Å²) in [5, 5.41) is 2.27. The van der Waals surface area contributed by atoms with Crippen LogP contribution in [-0.2, 0) is 10.9 Å². The first-order valence-corrected chi connectivity index (χ1v) is 10.4. The Morgan fingerprint density at radius 2 is 1.56 bits per heavy atom. The molecule has 1 saturated heterocycles. The van der Waals surface area contributed by atoms with Gasteiger partial charge in [0.15, 0.2) is 0 Å². The number of ether oxygens (including phenoxy) is 1. The van der Waals surface area contributed by atoms with E-state index >= 15 is 0 Å². The Morgan fingerprint density at radius 3 is 2.18 bits per heavy atom. The van der Waals surface area contributed by atoms with Crippen molar-refractivity contribution in [3.63, 3.8) is 0 Å². The van der Waals surface area contributed by atoms with Crippen molar-refractivity contribution >= 4 is 11.9 Å². The lowest BCUT2D eigenvalue weighted by Gasteiger charge is -2.40. The average molecular weight is 472 g/mol. The molecule has 1 N–H and O–H groups in total. The number of likely N-dealkylation sites (tertiary alicyclic amines) is 1. The summed E-state index contributed by atoms with van der Waals surface area (Å²) >= 11 is 0. The topological polar surface area (TPSA) is 58.6 Å². The Morgan fingerprint density at radius 1 is 0.941 bits per heavy atom. The molecular weight excluding hydrogens is 452 g/mol. The second-order valence-corrected chi connectivity index (χ2v) is 7.81. The number of imide groups is 1. The third-order valence-corrected chi connectivity index (χ3v) is 5.43. The van der Waals surface area contributed by atoms with E-state index in [1.165, 1.54) is 4.90 Å². The number of hydrogen-bond acceptors (Lipinski definition) is 3. The van der Waals surface area contributed by atoms with Gasteiger partial charge < -0.3 is 9.64 Å². The highest BCUT2D eigenvalue weighted by Crippen LogP contribution is 2.39. The Balaban J connectivity index is 1.48. The summed E-state index contributed by atoms with van der Waals surface area (Å²) in [5.41, 5.74) is -0.558. The van der Waals surface area contributed by atoms with Gasteiger partial charge in [0.2, 0.25) is 0 Å². The third kappa shape index (κ3) is 5.26. The summed E-state index contributed by atoms with van der Waals surface area (Å²) < 4.78 is 60.6. The van der Waals surface area contributed by atoms with Crippen molar-refractivity contribution in [3.8, 4) is 0 Å². The Hall–Kier alpha value is -3.72. The van der Waals surface area contributed by atoms with Crippen LogP contribution in [0, 0.1) is 5.82 Å². The van der Waals surface area contributed by atoms with Crippen LogP contribution >= 0.6 is 0 Å². The highest BCUT2D eigenvalue weighted by Gasteiger charge is 2.39. The van der Waals surface area contributed by atoms with Gasteiger partial charge in [-0.15, -0.1) is 0 Å². The van der Waals surface area contributed by atoms with Crippen LogP contribution in [0.2, 0.25) is 0 Å². The molecule has 0 bridgehead atoms. The van der Waals surface area contributed by atoms with Gasteiger partial charge in [-0.2, -0.15) is 13.2 Å². The summed E-state index contributed by atoms with van der Waals surface area (Å²) in [7, 11) is 0. The highest BCUT2D eigenvalue weighted by atomic mass is 19.4. The lowest BCUT2D eigenvalue weighted by Crippen LogP contribution is -2.58. The standard InChI is InChI=1S/C25H20F4N2O3/c26-18-11-12-20(21(13-18)25(27,28)29)22(16-7-3-1-4-8-16)34-19-14-31(15-19)24(33)30-23(32)17-9-5-2-6-10-17/h1-13,19,22H,14-15H2,(H,30,32,33). The summed E-state index contributed by atoms with van der Waals surface area (Å²) in [5.74, 6) is -1.56. The molecule has 176 valence electrons. The first-order chi connectivity index (χ1) is 16.2. The molecule has 1 unspecified atom stereocenters. The van der Waals surface area contributed by atoms with E-state index in [0.717, 1.165) is 12.1 Å². The Bertz CT molecular complexity index is 1160. The number of benzene rings is 3. The number of urea groups is 1. The van der Waals surface area contributed by atoms with Gasteiger partial charge in [0.25, 0.3) is 5.91 Å². The summed E-state index contributed by atoms with van der Waals surface area (Å²) in [6.45, 7) is 0.166. The first-order valence-electron chi connectivity index (χ1n) is 10.4. The Labute approximate surface area is 193 Å². The second kappa shape index (κ2) is 9.64. The zero-order valence-electron chi connectivity index (χ0n) is 17.8. The van der Waals surface area contributed by atoms with Crippen molar-refractivity contribution in [2.75, 3.05) is 13.1 Å². The Kier molecular flexibility index (Phi) is 6.65. The number of halogens is 4. The van der Waals surface area contributed by atoms with Gasteiger partial charge in [-0.05, 0) is 35.4 Å². The minimum Gasteiger partial charge on any atom is -0.362 e. The smallest absolute Gasteiger partial charge is 0.362 e. The predicted octanol–water partition coefficient (Wildman–Crippen LogP) is 5.18. The van der Waals surface area contributed by atoms with Gasteiger partial charge in [-0.25, -0.2) is 9.18 Å². The fourth-order valence-corrected chi connectivity index (χ4v) is 3.68. The molecule has 5 nitrogen and oxygen atoms in total. The normalized spacial score (nSPS) is 14.9.